The van der Waals surface area contributed by atoms with Gasteiger partial charge in [-0.2, -0.15) is 5.26 Å². The molecule has 0 spiro atoms. The molecule has 40 heavy (non-hydrogen) atoms. The fourth-order valence-electron chi connectivity index (χ4n) is 4.78. The molecule has 5 rings (SSSR count). The van der Waals surface area contributed by atoms with E-state index in [1.807, 2.05) is 49.4 Å². The Morgan fingerprint density at radius 1 is 1.05 bits per heavy atom. The Kier molecular flexibility index (Phi) is 8.84. The monoisotopic (exact) mass is 567 g/mol. The van der Waals surface area contributed by atoms with E-state index in [1.54, 1.807) is 18.2 Å². The number of carbonyl (C=O) groups is 2. The number of ether oxygens (including phenoxy) is 1. The van der Waals surface area contributed by atoms with E-state index in [0.717, 1.165) is 29.7 Å². The van der Waals surface area contributed by atoms with Crippen LogP contribution in [0.2, 0.25) is 0 Å². The average molecular weight is 568 g/mol. The number of thiophene rings is 1. The summed E-state index contributed by atoms with van der Waals surface area (Å²) in [4.78, 5) is 27.5. The van der Waals surface area contributed by atoms with Crippen LogP contribution < -0.4 is 15.4 Å². The molecule has 1 aromatic heterocycles. The van der Waals surface area contributed by atoms with Crippen LogP contribution in [0.5, 0.6) is 5.75 Å². The van der Waals surface area contributed by atoms with E-state index in [4.69, 9.17) is 4.74 Å². The number of rotatable bonds is 9. The number of anilines is 2. The summed E-state index contributed by atoms with van der Waals surface area (Å²) < 4.78 is 5.51. The standard InChI is InChI=1S/C32H29N3O3S2/c1-21(39-26-14-8-11-24(18-26)34-30(36)20-38-25-12-6-3-7-13-25)31(37)35-32-28(19-33)27-16-15-23(17-29(27)40-32)22-9-4-2-5-10-22/h2-14,18,21,23H,15-17,20H2,1H3,(H,34,36)(H,35,37). The van der Waals surface area contributed by atoms with Gasteiger partial charge in [0.25, 0.3) is 5.91 Å². The van der Waals surface area contributed by atoms with E-state index < -0.39 is 5.25 Å². The number of carbonyl (C=O) groups excluding carboxylic acids is 2. The molecule has 2 N–H and O–H groups in total. The minimum absolute atomic E-state index is 0.0989. The van der Waals surface area contributed by atoms with Crippen molar-refractivity contribution in [1.29, 1.82) is 5.26 Å². The zero-order valence-electron chi connectivity index (χ0n) is 22.1. The van der Waals surface area contributed by atoms with Crippen LogP contribution in [0, 0.1) is 11.3 Å². The van der Waals surface area contributed by atoms with E-state index >= 15 is 0 Å². The number of nitrogens with zero attached hydrogens (tertiary/aromatic N) is 1. The highest BCUT2D eigenvalue weighted by atomic mass is 32.2. The van der Waals surface area contributed by atoms with Crippen LogP contribution in [-0.2, 0) is 22.4 Å². The number of fused-ring (bicyclic) bond motifs is 1. The van der Waals surface area contributed by atoms with Crippen molar-refractivity contribution >= 4 is 45.6 Å². The van der Waals surface area contributed by atoms with Crippen LogP contribution in [0.25, 0.3) is 0 Å². The van der Waals surface area contributed by atoms with Crippen molar-refractivity contribution < 1.29 is 14.3 Å². The zero-order chi connectivity index (χ0) is 27.9. The predicted octanol–water partition coefficient (Wildman–Crippen LogP) is 7.03. The smallest absolute Gasteiger partial charge is 0.262 e. The third kappa shape index (κ3) is 6.74. The summed E-state index contributed by atoms with van der Waals surface area (Å²) in [5, 5.41) is 16.0. The summed E-state index contributed by atoms with van der Waals surface area (Å²) in [6, 6.07) is 29.4. The number of nitriles is 1. The molecule has 0 aliphatic heterocycles. The molecule has 2 amide bonds. The molecule has 3 aromatic carbocycles. The van der Waals surface area contributed by atoms with Crippen molar-refractivity contribution in [2.45, 2.75) is 42.2 Å². The molecule has 4 aromatic rings. The Morgan fingerprint density at radius 3 is 2.55 bits per heavy atom. The summed E-state index contributed by atoms with van der Waals surface area (Å²) in [5.74, 6) is 0.626. The van der Waals surface area contributed by atoms with Crippen LogP contribution in [0.15, 0.2) is 89.8 Å². The first-order valence-corrected chi connectivity index (χ1v) is 14.8. The maximum atomic E-state index is 13.1. The highest BCUT2D eigenvalue weighted by Gasteiger charge is 2.28. The number of benzene rings is 3. The van der Waals surface area contributed by atoms with Crippen molar-refractivity contribution in [3.05, 3.63) is 106 Å². The highest BCUT2D eigenvalue weighted by molar-refractivity contribution is 8.00. The molecular weight excluding hydrogens is 539 g/mol. The van der Waals surface area contributed by atoms with Gasteiger partial charge in [-0.15, -0.1) is 23.1 Å². The molecule has 1 aliphatic rings. The van der Waals surface area contributed by atoms with Crippen molar-refractivity contribution in [3.8, 4) is 11.8 Å². The normalized spacial score (nSPS) is 14.8. The summed E-state index contributed by atoms with van der Waals surface area (Å²) in [5.41, 5.74) is 3.62. The lowest BCUT2D eigenvalue weighted by molar-refractivity contribution is -0.118. The third-order valence-corrected chi connectivity index (χ3v) is 9.06. The Balaban J connectivity index is 1.18. The van der Waals surface area contributed by atoms with Crippen molar-refractivity contribution in [1.82, 2.24) is 0 Å². The van der Waals surface area contributed by atoms with Crippen molar-refractivity contribution in [2.24, 2.45) is 0 Å². The SMILES string of the molecule is CC(Sc1cccc(NC(=O)COc2ccccc2)c1)C(=O)Nc1sc2c(c1C#N)CCC(c1ccccc1)C2. The topological polar surface area (TPSA) is 91.2 Å². The van der Waals surface area contributed by atoms with Gasteiger partial charge >= 0.3 is 0 Å². The Bertz CT molecular complexity index is 1530. The predicted molar refractivity (Wildman–Crippen MR) is 161 cm³/mol. The molecule has 202 valence electrons. The molecule has 0 radical (unpaired) electrons. The maximum Gasteiger partial charge on any atom is 0.262 e. The van der Waals surface area contributed by atoms with Gasteiger partial charge in [-0.3, -0.25) is 9.59 Å². The molecule has 0 fully saturated rings. The number of thioether (sulfide) groups is 1. The lowest BCUT2D eigenvalue weighted by Gasteiger charge is -2.22. The summed E-state index contributed by atoms with van der Waals surface area (Å²) >= 11 is 2.92. The fourth-order valence-corrected chi connectivity index (χ4v) is 6.99. The maximum absolute atomic E-state index is 13.1. The first kappa shape index (κ1) is 27.5. The van der Waals surface area contributed by atoms with Crippen LogP contribution in [0.3, 0.4) is 0 Å². The first-order chi connectivity index (χ1) is 19.5. The quantitative estimate of drug-likeness (QED) is 0.212. The zero-order valence-corrected chi connectivity index (χ0v) is 23.7. The van der Waals surface area contributed by atoms with E-state index in [2.05, 4.69) is 41.0 Å². The van der Waals surface area contributed by atoms with E-state index in [-0.39, 0.29) is 18.4 Å². The minimum Gasteiger partial charge on any atom is -0.484 e. The molecule has 0 saturated heterocycles. The lowest BCUT2D eigenvalue weighted by Crippen LogP contribution is -2.22. The number of nitrogens with one attached hydrogen (secondary N) is 2. The van der Waals surface area contributed by atoms with Gasteiger partial charge in [0.05, 0.1) is 10.8 Å². The Morgan fingerprint density at radius 2 is 1.80 bits per heavy atom. The van der Waals surface area contributed by atoms with Gasteiger partial charge in [0.1, 0.15) is 16.8 Å². The molecule has 1 heterocycles. The Labute approximate surface area is 242 Å². The molecular formula is C32H29N3O3S2. The third-order valence-electron chi connectivity index (χ3n) is 6.80. The molecule has 6 nitrogen and oxygen atoms in total. The molecule has 2 atom stereocenters. The van der Waals surface area contributed by atoms with Crippen LogP contribution >= 0.6 is 23.1 Å². The molecule has 8 heteroatoms. The van der Waals surface area contributed by atoms with Crippen molar-refractivity contribution in [3.63, 3.8) is 0 Å². The minimum atomic E-state index is -0.407. The molecule has 2 unspecified atom stereocenters. The number of hydrogen-bond acceptors (Lipinski definition) is 6. The second kappa shape index (κ2) is 12.9. The van der Waals surface area contributed by atoms with Crippen LogP contribution in [0.1, 0.15) is 40.8 Å². The van der Waals surface area contributed by atoms with Crippen LogP contribution in [-0.4, -0.2) is 23.7 Å². The second-order valence-electron chi connectivity index (χ2n) is 9.60. The highest BCUT2D eigenvalue weighted by Crippen LogP contribution is 2.42. The van der Waals surface area contributed by atoms with Gasteiger partial charge in [0.15, 0.2) is 6.61 Å². The van der Waals surface area contributed by atoms with Gasteiger partial charge in [-0.1, -0.05) is 54.6 Å². The van der Waals surface area contributed by atoms with E-state index in [1.165, 1.54) is 33.5 Å². The number of amides is 2. The fraction of sp³-hybridized carbons (Fsp3) is 0.219. The molecule has 0 saturated carbocycles. The lowest BCUT2D eigenvalue weighted by atomic mass is 9.83. The largest absolute Gasteiger partial charge is 0.484 e. The van der Waals surface area contributed by atoms with Gasteiger partial charge in [-0.25, -0.2) is 0 Å². The summed E-state index contributed by atoms with van der Waals surface area (Å²) in [7, 11) is 0. The van der Waals surface area contributed by atoms with E-state index in [0.29, 0.717) is 27.9 Å². The van der Waals surface area contributed by atoms with Gasteiger partial charge in [0, 0.05) is 15.5 Å². The van der Waals surface area contributed by atoms with Gasteiger partial charge < -0.3 is 15.4 Å². The summed E-state index contributed by atoms with van der Waals surface area (Å²) in [6.07, 6.45) is 2.71. The Hall–Kier alpha value is -4.06. The molecule has 0 bridgehead atoms. The first-order valence-electron chi connectivity index (χ1n) is 13.1. The molecule has 1 aliphatic carbocycles. The van der Waals surface area contributed by atoms with Crippen molar-refractivity contribution in [2.75, 3.05) is 17.2 Å². The number of hydrogen-bond donors (Lipinski definition) is 2. The van der Waals surface area contributed by atoms with Crippen LogP contribution in [0.4, 0.5) is 10.7 Å². The van der Waals surface area contributed by atoms with E-state index in [9.17, 15) is 14.9 Å². The second-order valence-corrected chi connectivity index (χ2v) is 12.1. The number of para-hydroxylation sites is 1. The summed E-state index contributed by atoms with van der Waals surface area (Å²) in [6.45, 7) is 1.74. The van der Waals surface area contributed by atoms with Gasteiger partial charge in [-0.05, 0) is 73.6 Å². The average Bonchev–Trinajstić information content (AvgIpc) is 3.33. The van der Waals surface area contributed by atoms with Gasteiger partial charge in [0.2, 0.25) is 5.91 Å².